The predicted molar refractivity (Wildman–Crippen MR) is 89.5 cm³/mol. The molecule has 0 unspecified atom stereocenters. The maximum absolute atomic E-state index is 13.6. The van der Waals surface area contributed by atoms with E-state index in [1.807, 2.05) is 17.0 Å². The number of benzene rings is 2. The number of β-amino-alcohol motifs (C(OH)–C–C–N with tert-alkyl or cyclic N) is 1. The van der Waals surface area contributed by atoms with E-state index in [0.29, 0.717) is 29.8 Å². The summed E-state index contributed by atoms with van der Waals surface area (Å²) in [7, 11) is 0. The topological polar surface area (TPSA) is 69.2 Å². The Morgan fingerprint density at radius 2 is 2.04 bits per heavy atom. The van der Waals surface area contributed by atoms with E-state index in [1.165, 1.54) is 12.1 Å². The van der Waals surface area contributed by atoms with E-state index >= 15 is 0 Å². The van der Waals surface area contributed by atoms with Gasteiger partial charge in [0.05, 0.1) is 23.0 Å². The molecule has 2 aromatic carbocycles. The summed E-state index contributed by atoms with van der Waals surface area (Å²) < 4.78 is 13.6. The second-order valence-electron chi connectivity index (χ2n) is 6.02. The standard InChI is InChI=1S/C18H16FN3O2/c19-12-5-3-4-11(8-12)16-9-13(23)10-22(16)18-20-15-7-2-1-6-14(15)17(24)21-18/h1-8,13,16,23H,9-10H2,(H,20,21,24)/t13-,16-/m0/s1. The fraction of sp³-hybridized carbons (Fsp3) is 0.222. The molecule has 5 nitrogen and oxygen atoms in total. The molecular formula is C18H16FN3O2. The molecule has 1 saturated heterocycles. The maximum atomic E-state index is 13.6. The molecule has 0 amide bonds. The third-order valence-electron chi connectivity index (χ3n) is 4.38. The lowest BCUT2D eigenvalue weighted by Crippen LogP contribution is -2.28. The lowest BCUT2D eigenvalue weighted by atomic mass is 10.0. The second kappa shape index (κ2) is 5.72. The average molecular weight is 325 g/mol. The fourth-order valence-electron chi connectivity index (χ4n) is 3.29. The van der Waals surface area contributed by atoms with Gasteiger partial charge in [-0.1, -0.05) is 24.3 Å². The van der Waals surface area contributed by atoms with E-state index in [1.54, 1.807) is 24.3 Å². The van der Waals surface area contributed by atoms with Gasteiger partial charge in [-0.05, 0) is 36.2 Å². The number of H-pyrrole nitrogens is 1. The molecule has 0 aliphatic carbocycles. The predicted octanol–water partition coefficient (Wildman–Crippen LogP) is 2.37. The first-order valence-electron chi connectivity index (χ1n) is 7.81. The Morgan fingerprint density at radius 1 is 1.21 bits per heavy atom. The van der Waals surface area contributed by atoms with Crippen molar-refractivity contribution in [3.05, 3.63) is 70.3 Å². The number of nitrogens with zero attached hydrogens (tertiary/aromatic N) is 2. The summed E-state index contributed by atoms with van der Waals surface area (Å²) in [6.07, 6.45) is -0.102. The van der Waals surface area contributed by atoms with Crippen LogP contribution in [0.25, 0.3) is 10.9 Å². The molecule has 1 aromatic heterocycles. The van der Waals surface area contributed by atoms with E-state index < -0.39 is 6.10 Å². The Bertz CT molecular complexity index is 956. The highest BCUT2D eigenvalue weighted by Gasteiger charge is 2.34. The minimum atomic E-state index is -0.560. The summed E-state index contributed by atoms with van der Waals surface area (Å²) >= 11 is 0. The molecule has 2 heterocycles. The number of halogens is 1. The maximum Gasteiger partial charge on any atom is 0.260 e. The van der Waals surface area contributed by atoms with Crippen LogP contribution >= 0.6 is 0 Å². The number of para-hydroxylation sites is 1. The molecule has 2 atom stereocenters. The summed E-state index contributed by atoms with van der Waals surface area (Å²) in [6, 6.07) is 13.2. The van der Waals surface area contributed by atoms with Crippen LogP contribution in [0, 0.1) is 5.82 Å². The molecule has 1 fully saturated rings. The molecule has 0 bridgehead atoms. The number of aliphatic hydroxyl groups is 1. The van der Waals surface area contributed by atoms with Crippen molar-refractivity contribution in [2.24, 2.45) is 0 Å². The van der Waals surface area contributed by atoms with Gasteiger partial charge in [0.1, 0.15) is 5.82 Å². The Morgan fingerprint density at radius 3 is 2.88 bits per heavy atom. The Labute approximate surface area is 137 Å². The van der Waals surface area contributed by atoms with Crippen LogP contribution in [-0.4, -0.2) is 27.7 Å². The van der Waals surface area contributed by atoms with Gasteiger partial charge in [-0.2, -0.15) is 0 Å². The molecule has 0 spiro atoms. The van der Waals surface area contributed by atoms with Crippen molar-refractivity contribution in [1.29, 1.82) is 0 Å². The van der Waals surface area contributed by atoms with Crippen molar-refractivity contribution >= 4 is 16.9 Å². The smallest absolute Gasteiger partial charge is 0.260 e. The minimum Gasteiger partial charge on any atom is -0.391 e. The van der Waals surface area contributed by atoms with Crippen LogP contribution in [0.5, 0.6) is 0 Å². The number of rotatable bonds is 2. The summed E-state index contributed by atoms with van der Waals surface area (Å²) in [5.74, 6) is 0.0679. The molecule has 24 heavy (non-hydrogen) atoms. The van der Waals surface area contributed by atoms with Gasteiger partial charge in [0.15, 0.2) is 0 Å². The molecule has 1 aliphatic heterocycles. The Balaban J connectivity index is 1.80. The van der Waals surface area contributed by atoms with Crippen molar-refractivity contribution in [2.75, 3.05) is 11.4 Å². The molecule has 2 N–H and O–H groups in total. The van der Waals surface area contributed by atoms with Crippen LogP contribution in [0.1, 0.15) is 18.0 Å². The number of nitrogens with one attached hydrogen (secondary N) is 1. The van der Waals surface area contributed by atoms with Crippen molar-refractivity contribution < 1.29 is 9.50 Å². The van der Waals surface area contributed by atoms with Gasteiger partial charge in [-0.3, -0.25) is 9.78 Å². The zero-order valence-electron chi connectivity index (χ0n) is 12.8. The summed E-state index contributed by atoms with van der Waals surface area (Å²) in [4.78, 5) is 21.4. The SMILES string of the molecule is O=c1[nH]c(N2C[C@@H](O)C[C@H]2c2cccc(F)c2)nc2ccccc12. The van der Waals surface area contributed by atoms with Crippen LogP contribution in [-0.2, 0) is 0 Å². The third kappa shape index (κ3) is 2.55. The molecule has 3 aromatic rings. The van der Waals surface area contributed by atoms with E-state index in [-0.39, 0.29) is 17.4 Å². The number of aromatic nitrogens is 2. The Hall–Kier alpha value is -2.73. The van der Waals surface area contributed by atoms with Gasteiger partial charge in [0.25, 0.3) is 5.56 Å². The highest BCUT2D eigenvalue weighted by atomic mass is 19.1. The van der Waals surface area contributed by atoms with Crippen LogP contribution < -0.4 is 10.5 Å². The van der Waals surface area contributed by atoms with Crippen LogP contribution in [0.3, 0.4) is 0 Å². The van der Waals surface area contributed by atoms with Gasteiger partial charge >= 0.3 is 0 Å². The second-order valence-corrected chi connectivity index (χ2v) is 6.02. The molecule has 0 saturated carbocycles. The third-order valence-corrected chi connectivity index (χ3v) is 4.38. The van der Waals surface area contributed by atoms with E-state index in [2.05, 4.69) is 9.97 Å². The van der Waals surface area contributed by atoms with Gasteiger partial charge in [0, 0.05) is 6.54 Å². The molecular weight excluding hydrogens is 309 g/mol. The van der Waals surface area contributed by atoms with Gasteiger partial charge in [0.2, 0.25) is 5.95 Å². The number of aliphatic hydroxyl groups excluding tert-OH is 1. The van der Waals surface area contributed by atoms with Crippen molar-refractivity contribution in [3.63, 3.8) is 0 Å². The van der Waals surface area contributed by atoms with Crippen molar-refractivity contribution in [2.45, 2.75) is 18.6 Å². The lowest BCUT2D eigenvalue weighted by Gasteiger charge is -2.25. The quantitative estimate of drug-likeness (QED) is 0.759. The van der Waals surface area contributed by atoms with E-state index in [0.717, 1.165) is 5.56 Å². The lowest BCUT2D eigenvalue weighted by molar-refractivity contribution is 0.194. The molecule has 1 aliphatic rings. The first kappa shape index (κ1) is 14.8. The van der Waals surface area contributed by atoms with Crippen molar-refractivity contribution in [3.8, 4) is 0 Å². The van der Waals surface area contributed by atoms with Crippen LogP contribution in [0.2, 0.25) is 0 Å². The van der Waals surface area contributed by atoms with Crippen LogP contribution in [0.4, 0.5) is 10.3 Å². The van der Waals surface area contributed by atoms with Crippen molar-refractivity contribution in [1.82, 2.24) is 9.97 Å². The van der Waals surface area contributed by atoms with E-state index in [9.17, 15) is 14.3 Å². The van der Waals surface area contributed by atoms with Gasteiger partial charge < -0.3 is 10.0 Å². The normalized spacial score (nSPS) is 20.7. The Kier molecular flexibility index (Phi) is 3.54. The monoisotopic (exact) mass is 325 g/mol. The number of hydrogen-bond acceptors (Lipinski definition) is 4. The van der Waals surface area contributed by atoms with Gasteiger partial charge in [-0.25, -0.2) is 9.37 Å². The summed E-state index contributed by atoms with van der Waals surface area (Å²) in [5, 5.41) is 10.6. The van der Waals surface area contributed by atoms with E-state index in [4.69, 9.17) is 0 Å². The fourth-order valence-corrected chi connectivity index (χ4v) is 3.29. The first-order chi connectivity index (χ1) is 11.6. The molecule has 0 radical (unpaired) electrons. The summed E-state index contributed by atoms with van der Waals surface area (Å²) in [5.41, 5.74) is 1.12. The van der Waals surface area contributed by atoms with Gasteiger partial charge in [-0.15, -0.1) is 0 Å². The molecule has 6 heteroatoms. The largest absolute Gasteiger partial charge is 0.391 e. The number of fused-ring (bicyclic) bond motifs is 1. The zero-order valence-corrected chi connectivity index (χ0v) is 12.8. The molecule has 4 rings (SSSR count). The average Bonchev–Trinajstić information content (AvgIpc) is 2.97. The summed E-state index contributed by atoms with van der Waals surface area (Å²) in [6.45, 7) is 0.336. The number of hydrogen-bond donors (Lipinski definition) is 2. The number of anilines is 1. The zero-order chi connectivity index (χ0) is 16.7. The van der Waals surface area contributed by atoms with Crippen LogP contribution in [0.15, 0.2) is 53.3 Å². The minimum absolute atomic E-state index is 0.227. The highest BCUT2D eigenvalue weighted by Crippen LogP contribution is 2.34. The molecule has 122 valence electrons. The first-order valence-corrected chi connectivity index (χ1v) is 7.81. The highest BCUT2D eigenvalue weighted by molar-refractivity contribution is 5.78. The number of aromatic amines is 1.